The predicted octanol–water partition coefficient (Wildman–Crippen LogP) is 1.86. The van der Waals surface area contributed by atoms with Gasteiger partial charge in [-0.05, 0) is 51.3 Å². The van der Waals surface area contributed by atoms with Crippen LogP contribution in [0.15, 0.2) is 36.9 Å². The number of ether oxygens (including phenoxy) is 2. The van der Waals surface area contributed by atoms with Crippen molar-refractivity contribution in [3.8, 4) is 0 Å². The van der Waals surface area contributed by atoms with Crippen molar-refractivity contribution in [1.29, 1.82) is 0 Å². The van der Waals surface area contributed by atoms with E-state index >= 15 is 0 Å². The first-order chi connectivity index (χ1) is 15.8. The molecule has 0 fully saturated rings. The van der Waals surface area contributed by atoms with Gasteiger partial charge in [0.1, 0.15) is 24.3 Å². The van der Waals surface area contributed by atoms with Crippen molar-refractivity contribution in [2.45, 2.75) is 64.3 Å². The molecule has 0 aliphatic carbocycles. The summed E-state index contributed by atoms with van der Waals surface area (Å²) in [7, 11) is 0. The van der Waals surface area contributed by atoms with Crippen LogP contribution in [0.4, 0.5) is 10.5 Å². The van der Waals surface area contributed by atoms with Gasteiger partial charge in [-0.3, -0.25) is 24.5 Å². The topological polar surface area (TPSA) is 180 Å². The Labute approximate surface area is 197 Å². The minimum absolute atomic E-state index is 0.0633. The van der Waals surface area contributed by atoms with Crippen LogP contribution in [0.2, 0.25) is 0 Å². The van der Waals surface area contributed by atoms with E-state index < -0.39 is 46.5 Å². The molecule has 4 N–H and O–H groups in total. The van der Waals surface area contributed by atoms with Crippen LogP contribution in [0.1, 0.15) is 45.6 Å². The number of primary amides is 1. The van der Waals surface area contributed by atoms with Crippen LogP contribution in [0.25, 0.3) is 0 Å². The summed E-state index contributed by atoms with van der Waals surface area (Å²) < 4.78 is 10.2. The lowest BCUT2D eigenvalue weighted by Gasteiger charge is -2.24. The van der Waals surface area contributed by atoms with Crippen molar-refractivity contribution in [2.24, 2.45) is 5.73 Å². The number of hydrogen-bond acceptors (Lipinski definition) is 8. The van der Waals surface area contributed by atoms with Crippen LogP contribution in [-0.2, 0) is 30.5 Å². The van der Waals surface area contributed by atoms with E-state index in [1.54, 1.807) is 20.8 Å². The quantitative estimate of drug-likeness (QED) is 0.176. The lowest BCUT2D eigenvalue weighted by molar-refractivity contribution is -0.384. The summed E-state index contributed by atoms with van der Waals surface area (Å²) in [5.41, 5.74) is 5.02. The Morgan fingerprint density at radius 1 is 1.15 bits per heavy atom. The van der Waals surface area contributed by atoms with Gasteiger partial charge in [-0.1, -0.05) is 6.08 Å². The zero-order valence-corrected chi connectivity index (χ0v) is 19.4. The molecule has 0 radical (unpaired) electrons. The number of esters is 1. The maximum atomic E-state index is 12.6. The summed E-state index contributed by atoms with van der Waals surface area (Å²) in [6.45, 7) is 8.42. The van der Waals surface area contributed by atoms with E-state index in [1.807, 2.05) is 0 Å². The van der Waals surface area contributed by atoms with Crippen LogP contribution in [0, 0.1) is 10.1 Å². The fourth-order valence-corrected chi connectivity index (χ4v) is 2.62. The molecule has 0 heterocycles. The Hall–Kier alpha value is -3.96. The van der Waals surface area contributed by atoms with E-state index in [1.165, 1.54) is 30.3 Å². The van der Waals surface area contributed by atoms with E-state index in [4.69, 9.17) is 15.2 Å². The lowest BCUT2D eigenvalue weighted by Crippen LogP contribution is -2.53. The van der Waals surface area contributed by atoms with E-state index in [9.17, 15) is 29.3 Å². The van der Waals surface area contributed by atoms with Crippen molar-refractivity contribution in [3.05, 3.63) is 52.6 Å². The monoisotopic (exact) mass is 478 g/mol. The Balaban J connectivity index is 2.62. The third-order valence-electron chi connectivity index (χ3n) is 4.25. The van der Waals surface area contributed by atoms with Gasteiger partial charge in [0, 0.05) is 18.6 Å². The van der Waals surface area contributed by atoms with Crippen molar-refractivity contribution >= 4 is 29.6 Å². The van der Waals surface area contributed by atoms with Crippen LogP contribution in [0.5, 0.6) is 0 Å². The van der Waals surface area contributed by atoms with Gasteiger partial charge in [-0.2, -0.15) is 0 Å². The highest BCUT2D eigenvalue weighted by atomic mass is 16.6. The summed E-state index contributed by atoms with van der Waals surface area (Å²) in [5.74, 6) is -2.23. The highest BCUT2D eigenvalue weighted by Gasteiger charge is 2.27. The third kappa shape index (κ3) is 10.6. The standard InChI is InChI=1S/C22H30N4O8/c1-5-6-17(25-21(30)34-22(2,3)4)20(29)24-16(19(23)28)11-12-18(27)33-13-14-7-9-15(10-8-14)26(31)32/h5,7-10,16-17H,1,6,11-13H2,2-4H3,(H2,23,28)(H,24,29)(H,25,30)/t16-,17-/m1/s1. The number of nitro groups is 1. The van der Waals surface area contributed by atoms with Gasteiger partial charge in [-0.25, -0.2) is 4.79 Å². The van der Waals surface area contributed by atoms with Crippen LogP contribution < -0.4 is 16.4 Å². The average Bonchev–Trinajstić information content (AvgIpc) is 2.73. The zero-order chi connectivity index (χ0) is 25.9. The molecule has 186 valence electrons. The van der Waals surface area contributed by atoms with Gasteiger partial charge in [0.05, 0.1) is 4.92 Å². The summed E-state index contributed by atoms with van der Waals surface area (Å²) in [6, 6.07) is 3.22. The first kappa shape index (κ1) is 28.1. The molecule has 1 aromatic carbocycles. The molecular weight excluding hydrogens is 448 g/mol. The summed E-state index contributed by atoms with van der Waals surface area (Å²) >= 11 is 0. The number of benzene rings is 1. The van der Waals surface area contributed by atoms with E-state index in [0.29, 0.717) is 5.56 Å². The fourth-order valence-electron chi connectivity index (χ4n) is 2.62. The molecule has 0 saturated heterocycles. The molecule has 2 atom stereocenters. The van der Waals surface area contributed by atoms with Crippen molar-refractivity contribution in [2.75, 3.05) is 0 Å². The summed E-state index contributed by atoms with van der Waals surface area (Å²) in [4.78, 5) is 58.5. The van der Waals surface area contributed by atoms with Gasteiger partial charge in [0.25, 0.3) is 5.69 Å². The number of rotatable bonds is 12. The zero-order valence-electron chi connectivity index (χ0n) is 19.4. The molecule has 12 nitrogen and oxygen atoms in total. The Morgan fingerprint density at radius 2 is 1.76 bits per heavy atom. The van der Waals surface area contributed by atoms with Crippen LogP contribution in [0.3, 0.4) is 0 Å². The number of amides is 3. The van der Waals surface area contributed by atoms with Gasteiger partial charge in [0.15, 0.2) is 0 Å². The molecule has 12 heteroatoms. The second-order valence-corrected chi connectivity index (χ2v) is 8.31. The highest BCUT2D eigenvalue weighted by molar-refractivity contribution is 5.91. The second kappa shape index (κ2) is 12.9. The molecule has 0 aliphatic heterocycles. The molecule has 0 bridgehead atoms. The minimum atomic E-state index is -1.19. The maximum absolute atomic E-state index is 12.6. The van der Waals surface area contributed by atoms with Crippen LogP contribution >= 0.6 is 0 Å². The first-order valence-corrected chi connectivity index (χ1v) is 10.4. The number of alkyl carbamates (subject to hydrolysis) is 1. The summed E-state index contributed by atoms with van der Waals surface area (Å²) in [6.07, 6.45) is 0.296. The number of nitrogens with one attached hydrogen (secondary N) is 2. The fraction of sp³-hybridized carbons (Fsp3) is 0.455. The Bertz CT molecular complexity index is 908. The van der Waals surface area contributed by atoms with Crippen molar-refractivity contribution in [1.82, 2.24) is 10.6 Å². The summed E-state index contributed by atoms with van der Waals surface area (Å²) in [5, 5.41) is 15.5. The molecule has 0 aliphatic rings. The molecule has 1 rings (SSSR count). The predicted molar refractivity (Wildman–Crippen MR) is 121 cm³/mol. The molecule has 0 unspecified atom stereocenters. The first-order valence-electron chi connectivity index (χ1n) is 10.4. The number of carbonyl (C=O) groups excluding carboxylic acids is 4. The lowest BCUT2D eigenvalue weighted by atomic mass is 10.1. The number of nitrogens with zero attached hydrogens (tertiary/aromatic N) is 1. The number of nitro benzene ring substituents is 1. The van der Waals surface area contributed by atoms with Gasteiger partial charge >= 0.3 is 12.1 Å². The number of hydrogen-bond donors (Lipinski definition) is 3. The maximum Gasteiger partial charge on any atom is 0.408 e. The molecule has 3 amide bonds. The Kier molecular flexibility index (Phi) is 10.7. The Morgan fingerprint density at radius 3 is 2.26 bits per heavy atom. The van der Waals surface area contributed by atoms with Gasteiger partial charge in [-0.15, -0.1) is 6.58 Å². The molecule has 34 heavy (non-hydrogen) atoms. The van der Waals surface area contributed by atoms with E-state index in [-0.39, 0.29) is 31.6 Å². The van der Waals surface area contributed by atoms with Crippen LogP contribution in [-0.4, -0.2) is 46.5 Å². The SMILES string of the molecule is C=CC[C@@H](NC(=O)OC(C)(C)C)C(=O)N[C@H](CCC(=O)OCc1ccc([N+](=O)[O-])cc1)C(N)=O. The van der Waals surface area contributed by atoms with E-state index in [2.05, 4.69) is 17.2 Å². The van der Waals surface area contributed by atoms with Crippen molar-refractivity contribution < 1.29 is 33.6 Å². The number of non-ortho nitro benzene ring substituents is 1. The average molecular weight is 479 g/mol. The third-order valence-corrected chi connectivity index (χ3v) is 4.25. The molecule has 0 spiro atoms. The largest absolute Gasteiger partial charge is 0.461 e. The molecule has 1 aromatic rings. The van der Waals surface area contributed by atoms with Gasteiger partial charge < -0.3 is 25.8 Å². The number of carbonyl (C=O) groups is 4. The number of nitrogens with two attached hydrogens (primary N) is 1. The highest BCUT2D eigenvalue weighted by Crippen LogP contribution is 2.13. The molecule has 0 aromatic heterocycles. The van der Waals surface area contributed by atoms with Crippen molar-refractivity contribution in [3.63, 3.8) is 0 Å². The smallest absolute Gasteiger partial charge is 0.408 e. The van der Waals surface area contributed by atoms with E-state index in [0.717, 1.165) is 0 Å². The second-order valence-electron chi connectivity index (χ2n) is 8.31. The minimum Gasteiger partial charge on any atom is -0.461 e. The molecular formula is C22H30N4O8. The normalized spacial score (nSPS) is 12.6. The molecule has 0 saturated carbocycles. The van der Waals surface area contributed by atoms with Gasteiger partial charge in [0.2, 0.25) is 11.8 Å².